The number of anilines is 1. The van der Waals surface area contributed by atoms with Crippen molar-refractivity contribution in [2.45, 2.75) is 33.2 Å². The molecule has 2 heterocycles. The molecular weight excluding hydrogens is 264 g/mol. The molecule has 1 aromatic carbocycles. The van der Waals surface area contributed by atoms with Crippen LogP contribution in [0.3, 0.4) is 0 Å². The van der Waals surface area contributed by atoms with Crippen LogP contribution >= 0.6 is 0 Å². The molecule has 2 aromatic rings. The lowest BCUT2D eigenvalue weighted by Gasteiger charge is -2.17. The van der Waals surface area contributed by atoms with Gasteiger partial charge in [0.15, 0.2) is 0 Å². The standard InChI is InChI=1S/C16H22N4O/c1-16(2,3)15(21)20-14-5-4-12(8-11(14)9-18-20)19-13-6-7-17-10-13/h4-5,8-9,13,17,19H,6-7,10H2,1-3H3. The second-order valence-corrected chi connectivity index (χ2v) is 6.72. The number of rotatable bonds is 2. The number of carbonyl (C=O) groups is 1. The van der Waals surface area contributed by atoms with Crippen LogP contribution in [-0.4, -0.2) is 34.8 Å². The second kappa shape index (κ2) is 5.15. The average Bonchev–Trinajstić information content (AvgIpc) is 3.05. The minimum absolute atomic E-state index is 0.0122. The highest BCUT2D eigenvalue weighted by Crippen LogP contribution is 2.24. The van der Waals surface area contributed by atoms with Crippen molar-refractivity contribution in [3.63, 3.8) is 0 Å². The highest BCUT2D eigenvalue weighted by molar-refractivity contribution is 5.94. The summed E-state index contributed by atoms with van der Waals surface area (Å²) < 4.78 is 1.51. The van der Waals surface area contributed by atoms with E-state index in [1.54, 1.807) is 6.20 Å². The lowest BCUT2D eigenvalue weighted by molar-refractivity contribution is 0.0755. The zero-order valence-electron chi connectivity index (χ0n) is 12.8. The van der Waals surface area contributed by atoms with E-state index < -0.39 is 5.41 Å². The van der Waals surface area contributed by atoms with Crippen LogP contribution in [0.15, 0.2) is 24.4 Å². The zero-order chi connectivity index (χ0) is 15.0. The molecule has 1 atom stereocenters. The Hall–Kier alpha value is -1.88. The first-order valence-corrected chi connectivity index (χ1v) is 7.45. The van der Waals surface area contributed by atoms with E-state index in [4.69, 9.17) is 0 Å². The molecule has 1 aromatic heterocycles. The fraction of sp³-hybridized carbons (Fsp3) is 0.500. The molecule has 0 aliphatic carbocycles. The van der Waals surface area contributed by atoms with Crippen molar-refractivity contribution in [3.05, 3.63) is 24.4 Å². The van der Waals surface area contributed by atoms with E-state index in [0.29, 0.717) is 6.04 Å². The minimum atomic E-state index is -0.439. The highest BCUT2D eigenvalue weighted by Gasteiger charge is 2.25. The third kappa shape index (κ3) is 2.78. The lowest BCUT2D eigenvalue weighted by Crippen LogP contribution is -2.27. The van der Waals surface area contributed by atoms with Crippen LogP contribution in [0.5, 0.6) is 0 Å². The molecule has 5 nitrogen and oxygen atoms in total. The summed E-state index contributed by atoms with van der Waals surface area (Å²) in [5.41, 5.74) is 1.51. The molecule has 5 heteroatoms. The monoisotopic (exact) mass is 286 g/mol. The number of hydrogen-bond acceptors (Lipinski definition) is 4. The van der Waals surface area contributed by atoms with Crippen molar-refractivity contribution in [3.8, 4) is 0 Å². The molecule has 0 spiro atoms. The van der Waals surface area contributed by atoms with E-state index in [1.165, 1.54) is 4.68 Å². The van der Waals surface area contributed by atoms with Gasteiger partial charge in [0.05, 0.1) is 11.7 Å². The third-order valence-corrected chi connectivity index (χ3v) is 3.83. The molecular formula is C16H22N4O. The van der Waals surface area contributed by atoms with Gasteiger partial charge < -0.3 is 10.6 Å². The van der Waals surface area contributed by atoms with E-state index in [1.807, 2.05) is 32.9 Å². The third-order valence-electron chi connectivity index (χ3n) is 3.83. The average molecular weight is 286 g/mol. The molecule has 1 unspecified atom stereocenters. The maximum atomic E-state index is 12.4. The second-order valence-electron chi connectivity index (χ2n) is 6.72. The molecule has 0 saturated carbocycles. The van der Waals surface area contributed by atoms with Crippen molar-refractivity contribution in [1.82, 2.24) is 15.1 Å². The van der Waals surface area contributed by atoms with Crippen molar-refractivity contribution < 1.29 is 4.79 Å². The summed E-state index contributed by atoms with van der Waals surface area (Å²) in [6, 6.07) is 6.53. The van der Waals surface area contributed by atoms with Gasteiger partial charge in [-0.3, -0.25) is 4.79 Å². The maximum absolute atomic E-state index is 12.4. The summed E-state index contributed by atoms with van der Waals surface area (Å²) in [5.74, 6) is 0.0122. The summed E-state index contributed by atoms with van der Waals surface area (Å²) in [6.45, 7) is 7.79. The Kier molecular flexibility index (Phi) is 3.45. The molecule has 0 radical (unpaired) electrons. The number of nitrogens with one attached hydrogen (secondary N) is 2. The largest absolute Gasteiger partial charge is 0.381 e. The van der Waals surface area contributed by atoms with E-state index in [9.17, 15) is 4.79 Å². The van der Waals surface area contributed by atoms with E-state index in [2.05, 4.69) is 21.8 Å². The van der Waals surface area contributed by atoms with Crippen molar-refractivity contribution in [1.29, 1.82) is 0 Å². The first kappa shape index (κ1) is 14.1. The van der Waals surface area contributed by atoms with Gasteiger partial charge in [0.2, 0.25) is 0 Å². The topological polar surface area (TPSA) is 59.0 Å². The van der Waals surface area contributed by atoms with Crippen LogP contribution < -0.4 is 10.6 Å². The van der Waals surface area contributed by atoms with Crippen LogP contribution in [0.25, 0.3) is 10.9 Å². The zero-order valence-corrected chi connectivity index (χ0v) is 12.8. The Morgan fingerprint density at radius 1 is 1.43 bits per heavy atom. The molecule has 1 saturated heterocycles. The van der Waals surface area contributed by atoms with Crippen molar-refractivity contribution >= 4 is 22.5 Å². The predicted octanol–water partition coefficient (Wildman–Crippen LogP) is 2.50. The van der Waals surface area contributed by atoms with Gasteiger partial charge in [-0.25, -0.2) is 0 Å². The maximum Gasteiger partial charge on any atom is 0.252 e. The molecule has 1 fully saturated rings. The number of carbonyl (C=O) groups excluding carboxylic acids is 1. The number of nitrogens with zero attached hydrogens (tertiary/aromatic N) is 2. The van der Waals surface area contributed by atoms with Gasteiger partial charge in [0, 0.05) is 29.1 Å². The van der Waals surface area contributed by atoms with E-state index in [0.717, 1.165) is 36.1 Å². The molecule has 0 amide bonds. The molecule has 112 valence electrons. The SMILES string of the molecule is CC(C)(C)C(=O)n1ncc2cc(NC3CCNC3)ccc21. The van der Waals surface area contributed by atoms with Gasteiger partial charge in [-0.05, 0) is 31.2 Å². The summed E-state index contributed by atoms with van der Waals surface area (Å²) in [4.78, 5) is 12.4. The summed E-state index contributed by atoms with van der Waals surface area (Å²) in [6.07, 6.45) is 2.90. The van der Waals surface area contributed by atoms with Gasteiger partial charge in [0.25, 0.3) is 5.91 Å². The van der Waals surface area contributed by atoms with Gasteiger partial charge in [-0.15, -0.1) is 0 Å². The van der Waals surface area contributed by atoms with Crippen molar-refractivity contribution in [2.75, 3.05) is 18.4 Å². The van der Waals surface area contributed by atoms with Crippen LogP contribution in [0.1, 0.15) is 32.0 Å². The van der Waals surface area contributed by atoms with E-state index >= 15 is 0 Å². The van der Waals surface area contributed by atoms with Crippen LogP contribution in [0.2, 0.25) is 0 Å². The van der Waals surface area contributed by atoms with Gasteiger partial charge >= 0.3 is 0 Å². The van der Waals surface area contributed by atoms with Crippen LogP contribution in [-0.2, 0) is 0 Å². The number of benzene rings is 1. The molecule has 2 N–H and O–H groups in total. The van der Waals surface area contributed by atoms with Gasteiger partial charge in [-0.2, -0.15) is 9.78 Å². The molecule has 1 aliphatic rings. The fourth-order valence-corrected chi connectivity index (χ4v) is 2.62. The van der Waals surface area contributed by atoms with E-state index in [-0.39, 0.29) is 5.91 Å². The Morgan fingerprint density at radius 3 is 2.90 bits per heavy atom. The van der Waals surface area contributed by atoms with Gasteiger partial charge in [0.1, 0.15) is 0 Å². The predicted molar refractivity (Wildman–Crippen MR) is 84.7 cm³/mol. The highest BCUT2D eigenvalue weighted by atomic mass is 16.2. The van der Waals surface area contributed by atoms with Crippen LogP contribution in [0.4, 0.5) is 5.69 Å². The Balaban J connectivity index is 1.88. The molecule has 0 bridgehead atoms. The Labute approximate surface area is 124 Å². The summed E-state index contributed by atoms with van der Waals surface area (Å²) in [5, 5.41) is 12.1. The van der Waals surface area contributed by atoms with Crippen LogP contribution in [0, 0.1) is 5.41 Å². The number of hydrogen-bond donors (Lipinski definition) is 2. The Morgan fingerprint density at radius 2 is 2.24 bits per heavy atom. The first-order chi connectivity index (χ1) is 9.95. The first-order valence-electron chi connectivity index (χ1n) is 7.45. The normalized spacial score (nSPS) is 19.1. The summed E-state index contributed by atoms with van der Waals surface area (Å²) >= 11 is 0. The number of aromatic nitrogens is 2. The van der Waals surface area contributed by atoms with Gasteiger partial charge in [-0.1, -0.05) is 20.8 Å². The number of fused-ring (bicyclic) bond motifs is 1. The minimum Gasteiger partial charge on any atom is -0.381 e. The lowest BCUT2D eigenvalue weighted by atomic mass is 9.96. The van der Waals surface area contributed by atoms with Crippen molar-refractivity contribution in [2.24, 2.45) is 5.41 Å². The molecule has 3 rings (SSSR count). The fourth-order valence-electron chi connectivity index (χ4n) is 2.62. The molecule has 21 heavy (non-hydrogen) atoms. The quantitative estimate of drug-likeness (QED) is 0.890. The molecule has 1 aliphatic heterocycles. The summed E-state index contributed by atoms with van der Waals surface area (Å²) in [7, 11) is 0. The Bertz CT molecular complexity index is 662. The smallest absolute Gasteiger partial charge is 0.252 e.